The standard InChI is InChI=1S/C13H20O3/c1-8(2)13(5)10(16-6)7-9(14)12(3,4)11(13)15/h7-8H,1-6H3. The highest BCUT2D eigenvalue weighted by molar-refractivity contribution is 6.16. The number of rotatable bonds is 2. The zero-order valence-electron chi connectivity index (χ0n) is 10.9. The summed E-state index contributed by atoms with van der Waals surface area (Å²) < 4.78 is 5.22. The van der Waals surface area contributed by atoms with E-state index in [1.165, 1.54) is 13.2 Å². The van der Waals surface area contributed by atoms with Crippen molar-refractivity contribution in [2.75, 3.05) is 7.11 Å². The van der Waals surface area contributed by atoms with Gasteiger partial charge in [0.25, 0.3) is 0 Å². The van der Waals surface area contributed by atoms with Gasteiger partial charge in [0.2, 0.25) is 0 Å². The van der Waals surface area contributed by atoms with Crippen molar-refractivity contribution in [2.24, 2.45) is 16.7 Å². The molecule has 1 aliphatic rings. The maximum atomic E-state index is 12.4. The zero-order chi connectivity index (χ0) is 12.7. The van der Waals surface area contributed by atoms with E-state index in [0.717, 1.165) is 0 Å². The van der Waals surface area contributed by atoms with Crippen LogP contribution < -0.4 is 0 Å². The minimum Gasteiger partial charge on any atom is -0.500 e. The van der Waals surface area contributed by atoms with Gasteiger partial charge in [-0.25, -0.2) is 0 Å². The van der Waals surface area contributed by atoms with Crippen molar-refractivity contribution in [1.82, 2.24) is 0 Å². The molecule has 16 heavy (non-hydrogen) atoms. The molecule has 0 saturated carbocycles. The Morgan fingerprint density at radius 3 is 2.06 bits per heavy atom. The summed E-state index contributed by atoms with van der Waals surface area (Å²) >= 11 is 0. The van der Waals surface area contributed by atoms with Crippen LogP contribution in [-0.4, -0.2) is 18.7 Å². The van der Waals surface area contributed by atoms with Crippen molar-refractivity contribution in [3.63, 3.8) is 0 Å². The molecule has 0 heterocycles. The first-order valence-electron chi connectivity index (χ1n) is 5.54. The van der Waals surface area contributed by atoms with Gasteiger partial charge in [-0.05, 0) is 26.7 Å². The first-order chi connectivity index (χ1) is 7.18. The van der Waals surface area contributed by atoms with Crippen LogP contribution in [0.5, 0.6) is 0 Å². The summed E-state index contributed by atoms with van der Waals surface area (Å²) in [5.74, 6) is 0.349. The second kappa shape index (κ2) is 3.72. The van der Waals surface area contributed by atoms with E-state index in [1.807, 2.05) is 20.8 Å². The number of carbonyl (C=O) groups is 2. The van der Waals surface area contributed by atoms with E-state index < -0.39 is 10.8 Å². The molecular formula is C13H20O3. The molecule has 3 heteroatoms. The van der Waals surface area contributed by atoms with Gasteiger partial charge in [-0.15, -0.1) is 0 Å². The predicted octanol–water partition coefficient (Wildman–Crippen LogP) is 2.36. The molecule has 1 unspecified atom stereocenters. The van der Waals surface area contributed by atoms with Gasteiger partial charge in [-0.1, -0.05) is 13.8 Å². The van der Waals surface area contributed by atoms with Gasteiger partial charge < -0.3 is 4.74 Å². The van der Waals surface area contributed by atoms with Gasteiger partial charge in [0.05, 0.1) is 17.9 Å². The molecule has 0 aromatic heterocycles. The third kappa shape index (κ3) is 1.49. The van der Waals surface area contributed by atoms with Crippen LogP contribution in [0.2, 0.25) is 0 Å². The van der Waals surface area contributed by atoms with Crippen molar-refractivity contribution in [1.29, 1.82) is 0 Å². The van der Waals surface area contributed by atoms with Crippen molar-refractivity contribution < 1.29 is 14.3 Å². The molecule has 1 aliphatic carbocycles. The highest BCUT2D eigenvalue weighted by atomic mass is 16.5. The predicted molar refractivity (Wildman–Crippen MR) is 61.8 cm³/mol. The molecule has 1 rings (SSSR count). The van der Waals surface area contributed by atoms with Crippen LogP contribution in [0.25, 0.3) is 0 Å². The molecule has 0 bridgehead atoms. The number of methoxy groups -OCH3 is 1. The Hall–Kier alpha value is -1.12. The fourth-order valence-corrected chi connectivity index (χ4v) is 2.14. The zero-order valence-corrected chi connectivity index (χ0v) is 10.9. The minimum absolute atomic E-state index is 0.0562. The van der Waals surface area contributed by atoms with E-state index in [-0.39, 0.29) is 17.5 Å². The van der Waals surface area contributed by atoms with Crippen molar-refractivity contribution in [3.8, 4) is 0 Å². The minimum atomic E-state index is -0.943. The smallest absolute Gasteiger partial charge is 0.172 e. The average molecular weight is 224 g/mol. The molecule has 0 radical (unpaired) electrons. The largest absolute Gasteiger partial charge is 0.500 e. The Morgan fingerprint density at radius 1 is 1.19 bits per heavy atom. The lowest BCUT2D eigenvalue weighted by Crippen LogP contribution is -2.50. The third-order valence-corrected chi connectivity index (χ3v) is 3.80. The molecule has 1 atom stereocenters. The fraction of sp³-hybridized carbons (Fsp3) is 0.692. The number of allylic oxidation sites excluding steroid dienone is 2. The summed E-state index contributed by atoms with van der Waals surface area (Å²) in [6.07, 6.45) is 1.47. The maximum Gasteiger partial charge on any atom is 0.172 e. The quantitative estimate of drug-likeness (QED) is 0.676. The summed E-state index contributed by atoms with van der Waals surface area (Å²) in [5.41, 5.74) is -1.65. The third-order valence-electron chi connectivity index (χ3n) is 3.80. The molecule has 3 nitrogen and oxygen atoms in total. The van der Waals surface area contributed by atoms with E-state index in [1.54, 1.807) is 13.8 Å². The number of hydrogen-bond donors (Lipinski definition) is 0. The van der Waals surface area contributed by atoms with Crippen LogP contribution in [0.15, 0.2) is 11.8 Å². The van der Waals surface area contributed by atoms with Crippen molar-refractivity contribution in [3.05, 3.63) is 11.8 Å². The topological polar surface area (TPSA) is 43.4 Å². The van der Waals surface area contributed by atoms with Crippen molar-refractivity contribution in [2.45, 2.75) is 34.6 Å². The molecule has 0 N–H and O–H groups in total. The Bertz CT molecular complexity index is 363. The van der Waals surface area contributed by atoms with E-state index in [0.29, 0.717) is 5.76 Å². The lowest BCUT2D eigenvalue weighted by molar-refractivity contribution is -0.146. The SMILES string of the molecule is COC1=CC(=O)C(C)(C)C(=O)C1(C)C(C)C. The molecular weight excluding hydrogens is 204 g/mol. The number of carbonyl (C=O) groups excluding carboxylic acids is 2. The Morgan fingerprint density at radius 2 is 1.69 bits per heavy atom. The van der Waals surface area contributed by atoms with Gasteiger partial charge in [0.1, 0.15) is 5.76 Å². The summed E-state index contributed by atoms with van der Waals surface area (Å²) in [5, 5.41) is 0. The van der Waals surface area contributed by atoms with Gasteiger partial charge >= 0.3 is 0 Å². The Kier molecular flexibility index (Phi) is 3.01. The average Bonchev–Trinajstić information content (AvgIpc) is 2.21. The van der Waals surface area contributed by atoms with Crippen molar-refractivity contribution >= 4 is 11.6 Å². The molecule has 0 saturated heterocycles. The molecule has 0 spiro atoms. The second-order valence-electron chi connectivity index (χ2n) is 5.39. The lowest BCUT2D eigenvalue weighted by Gasteiger charge is -2.41. The molecule has 90 valence electrons. The molecule has 0 aliphatic heterocycles. The highest BCUT2D eigenvalue weighted by Gasteiger charge is 2.53. The fourth-order valence-electron chi connectivity index (χ4n) is 2.14. The summed E-state index contributed by atoms with van der Waals surface area (Å²) in [4.78, 5) is 24.3. The molecule has 0 fully saturated rings. The summed E-state index contributed by atoms with van der Waals surface area (Å²) in [6.45, 7) is 9.15. The Balaban J connectivity index is 3.42. The van der Waals surface area contributed by atoms with Crippen LogP contribution in [0, 0.1) is 16.7 Å². The van der Waals surface area contributed by atoms with Gasteiger partial charge in [0.15, 0.2) is 11.6 Å². The lowest BCUT2D eigenvalue weighted by atomic mass is 9.61. The first kappa shape index (κ1) is 12.9. The number of hydrogen-bond acceptors (Lipinski definition) is 3. The van der Waals surface area contributed by atoms with Crippen LogP contribution in [0.4, 0.5) is 0 Å². The van der Waals surface area contributed by atoms with Gasteiger partial charge in [-0.3, -0.25) is 9.59 Å². The molecule has 0 aromatic carbocycles. The Labute approximate surface area is 96.9 Å². The van der Waals surface area contributed by atoms with E-state index in [9.17, 15) is 9.59 Å². The van der Waals surface area contributed by atoms with Crippen LogP contribution in [-0.2, 0) is 14.3 Å². The van der Waals surface area contributed by atoms with Gasteiger partial charge in [0, 0.05) is 6.08 Å². The molecule has 0 amide bonds. The first-order valence-corrected chi connectivity index (χ1v) is 5.54. The van der Waals surface area contributed by atoms with E-state index in [4.69, 9.17) is 4.74 Å². The summed E-state index contributed by atoms with van der Waals surface area (Å²) in [7, 11) is 1.51. The number of Topliss-reactive ketones (excluding diaryl/α,β-unsaturated/α-hetero) is 1. The maximum absolute atomic E-state index is 12.4. The van der Waals surface area contributed by atoms with E-state index >= 15 is 0 Å². The monoisotopic (exact) mass is 224 g/mol. The van der Waals surface area contributed by atoms with E-state index in [2.05, 4.69) is 0 Å². The second-order valence-corrected chi connectivity index (χ2v) is 5.39. The van der Waals surface area contributed by atoms with Gasteiger partial charge in [-0.2, -0.15) is 0 Å². The number of ketones is 2. The van der Waals surface area contributed by atoms with Crippen LogP contribution in [0.3, 0.4) is 0 Å². The number of ether oxygens (including phenoxy) is 1. The normalized spacial score (nSPS) is 29.3. The highest BCUT2D eigenvalue weighted by Crippen LogP contribution is 2.46. The van der Waals surface area contributed by atoms with Crippen LogP contribution >= 0.6 is 0 Å². The molecule has 0 aromatic rings. The van der Waals surface area contributed by atoms with Crippen LogP contribution in [0.1, 0.15) is 34.6 Å². The summed E-state index contributed by atoms with van der Waals surface area (Å²) in [6, 6.07) is 0.